The van der Waals surface area contributed by atoms with Crippen LogP contribution in [0.4, 0.5) is 0 Å². The van der Waals surface area contributed by atoms with Crippen molar-refractivity contribution in [2.75, 3.05) is 72.7 Å². The van der Waals surface area contributed by atoms with Gasteiger partial charge in [0.05, 0.1) is 70.2 Å². The summed E-state index contributed by atoms with van der Waals surface area (Å²) in [6, 6.07) is 35.2. The van der Waals surface area contributed by atoms with Crippen LogP contribution in [0, 0.1) is 11.8 Å². The first kappa shape index (κ1) is 95.3. The van der Waals surface area contributed by atoms with Crippen molar-refractivity contribution in [2.45, 2.75) is 307 Å². The first-order valence-corrected chi connectivity index (χ1v) is 45.3. The monoisotopic (exact) mass is 1630 g/mol. The molecule has 2 aliphatic carbocycles. The summed E-state index contributed by atoms with van der Waals surface area (Å²) in [4.78, 5) is 88.3. The van der Waals surface area contributed by atoms with Crippen LogP contribution in [0.1, 0.15) is 331 Å². The molecule has 0 N–H and O–H groups in total. The number of rotatable bonds is 63. The molecule has 5 aromatic carbocycles. The van der Waals surface area contributed by atoms with E-state index in [1.807, 2.05) is 24.3 Å². The third-order valence-electron chi connectivity index (χ3n) is 22.8. The van der Waals surface area contributed by atoms with Crippen molar-refractivity contribution in [1.82, 2.24) is 0 Å². The van der Waals surface area contributed by atoms with Gasteiger partial charge in [0.1, 0.15) is 64.8 Å². The molecule has 0 spiro atoms. The highest BCUT2D eigenvalue weighted by molar-refractivity contribution is 5.93. The first-order chi connectivity index (χ1) is 57.9. The minimum absolute atomic E-state index is 0.104. The molecule has 8 rings (SSSR count). The van der Waals surface area contributed by atoms with Gasteiger partial charge < -0.3 is 71.2 Å². The molecule has 3 atom stereocenters. The van der Waals surface area contributed by atoms with Crippen LogP contribution >= 0.6 is 0 Å². The Labute approximate surface area is 703 Å². The summed E-state index contributed by atoms with van der Waals surface area (Å²) in [5.41, 5.74) is 3.84. The summed E-state index contributed by atoms with van der Waals surface area (Å²) < 4.78 is 75.1. The standard InChI is InChI=1S/C98H138O20/c1-3-5-17-31-76-34-38-78(39-35-76)80-42-54-86(55-43-80)117-96(103)82-46-50-84(51-47-82)106-60-20-7-9-23-63-109-89(74-99)72-93(101)112-66-26-13-11-22-62-108-88-58-59-92(91(71-88)98(105)116-70-29-16-15-28-68-114-95-33-19-30-69-115-95)111-65-25-12-14-27-67-113-94(102)73-90(75-100)110-64-24-10-8-21-61-107-85-52-48-83(49-53-85)97(104)118-87-56-44-81(45-57-87)79-40-36-77(37-41-79)32-18-6-4-2/h42-59,71,74-79,89-90,95H,3-41,60-70,72-73H2,1-2H3. The molecule has 0 bridgehead atoms. The lowest BCUT2D eigenvalue weighted by molar-refractivity contribution is -0.162. The summed E-state index contributed by atoms with van der Waals surface area (Å²) in [6.07, 6.45) is 39.0. The molecule has 20 nitrogen and oxygen atoms in total. The molecular formula is C98H138O20. The zero-order valence-electron chi connectivity index (χ0n) is 71.1. The van der Waals surface area contributed by atoms with Crippen molar-refractivity contribution in [1.29, 1.82) is 0 Å². The molecule has 118 heavy (non-hydrogen) atoms. The molecule has 5 aromatic rings. The summed E-state index contributed by atoms with van der Waals surface area (Å²) in [7, 11) is 0. The number of carbonyl (C=O) groups is 7. The van der Waals surface area contributed by atoms with Crippen molar-refractivity contribution < 1.29 is 95.1 Å². The number of benzene rings is 5. The van der Waals surface area contributed by atoms with Crippen molar-refractivity contribution in [3.63, 3.8) is 0 Å². The normalized spacial score (nSPS) is 17.2. The van der Waals surface area contributed by atoms with E-state index in [4.69, 9.17) is 61.6 Å². The molecular weight excluding hydrogens is 1500 g/mol. The molecule has 1 saturated heterocycles. The van der Waals surface area contributed by atoms with E-state index in [9.17, 15) is 33.6 Å². The first-order valence-electron chi connectivity index (χ1n) is 45.3. The lowest BCUT2D eigenvalue weighted by atomic mass is 9.77. The molecule has 20 heteroatoms. The second-order valence-corrected chi connectivity index (χ2v) is 32.3. The van der Waals surface area contributed by atoms with Gasteiger partial charge in [-0.3, -0.25) is 9.59 Å². The molecule has 1 aliphatic heterocycles. The van der Waals surface area contributed by atoms with Gasteiger partial charge in [-0.15, -0.1) is 0 Å². The Morgan fingerprint density at radius 3 is 1.16 bits per heavy atom. The van der Waals surface area contributed by atoms with Crippen LogP contribution in [0.15, 0.2) is 115 Å². The van der Waals surface area contributed by atoms with Gasteiger partial charge in [0.15, 0.2) is 6.29 Å². The van der Waals surface area contributed by atoms with Crippen LogP contribution in [0.3, 0.4) is 0 Å². The predicted octanol–water partition coefficient (Wildman–Crippen LogP) is 22.3. The Morgan fingerprint density at radius 1 is 0.364 bits per heavy atom. The van der Waals surface area contributed by atoms with E-state index in [1.54, 1.807) is 66.7 Å². The molecule has 3 aliphatic rings. The van der Waals surface area contributed by atoms with Crippen LogP contribution in [0.2, 0.25) is 0 Å². The minimum atomic E-state index is -0.876. The largest absolute Gasteiger partial charge is 0.494 e. The number of hydrogen-bond donors (Lipinski definition) is 0. The van der Waals surface area contributed by atoms with Gasteiger partial charge in [-0.2, -0.15) is 0 Å². The third kappa shape index (κ3) is 38.9. The maximum atomic E-state index is 13.6. The van der Waals surface area contributed by atoms with Crippen LogP contribution in [0.5, 0.6) is 34.5 Å². The molecule has 0 aromatic heterocycles. The lowest BCUT2D eigenvalue weighted by Gasteiger charge is -2.29. The smallest absolute Gasteiger partial charge is 0.343 e. The Hall–Kier alpha value is -8.17. The van der Waals surface area contributed by atoms with Gasteiger partial charge in [0, 0.05) is 26.4 Å². The highest BCUT2D eigenvalue weighted by Gasteiger charge is 2.26. The second-order valence-electron chi connectivity index (χ2n) is 32.3. The highest BCUT2D eigenvalue weighted by atomic mass is 16.7. The average molecular weight is 1640 g/mol. The van der Waals surface area contributed by atoms with Crippen LogP contribution in [-0.4, -0.2) is 134 Å². The predicted molar refractivity (Wildman–Crippen MR) is 457 cm³/mol. The Kier molecular flexibility index (Phi) is 47.4. The number of unbranched alkanes of at least 4 members (excludes halogenated alkanes) is 19. The lowest BCUT2D eigenvalue weighted by Crippen LogP contribution is -2.22. The van der Waals surface area contributed by atoms with Gasteiger partial charge in [-0.25, -0.2) is 14.4 Å². The van der Waals surface area contributed by atoms with Crippen LogP contribution in [0.25, 0.3) is 0 Å². The Bertz CT molecular complexity index is 3560. The van der Waals surface area contributed by atoms with E-state index in [-0.39, 0.29) is 44.5 Å². The summed E-state index contributed by atoms with van der Waals surface area (Å²) in [5.74, 6) is 3.95. The molecule has 2 saturated carbocycles. The van der Waals surface area contributed by atoms with Crippen molar-refractivity contribution in [2.24, 2.45) is 11.8 Å². The number of esters is 5. The fourth-order valence-corrected chi connectivity index (χ4v) is 15.6. The van der Waals surface area contributed by atoms with Crippen molar-refractivity contribution >= 4 is 42.4 Å². The van der Waals surface area contributed by atoms with Gasteiger partial charge >= 0.3 is 29.8 Å². The molecule has 3 unspecified atom stereocenters. The molecule has 0 radical (unpaired) electrons. The Balaban J connectivity index is 0.615. The molecule has 650 valence electrons. The second kappa shape index (κ2) is 58.7. The summed E-state index contributed by atoms with van der Waals surface area (Å²) in [5, 5.41) is 0. The Morgan fingerprint density at radius 2 is 0.746 bits per heavy atom. The van der Waals surface area contributed by atoms with E-state index in [0.717, 1.165) is 140 Å². The fourth-order valence-electron chi connectivity index (χ4n) is 15.6. The van der Waals surface area contributed by atoms with Gasteiger partial charge in [-0.1, -0.05) is 109 Å². The van der Waals surface area contributed by atoms with E-state index < -0.39 is 42.1 Å². The minimum Gasteiger partial charge on any atom is -0.494 e. The number of hydrogen-bond acceptors (Lipinski definition) is 20. The van der Waals surface area contributed by atoms with E-state index in [1.165, 1.54) is 114 Å². The topological polar surface area (TPSA) is 239 Å². The zero-order valence-corrected chi connectivity index (χ0v) is 71.1. The van der Waals surface area contributed by atoms with Crippen LogP contribution in [-0.2, 0) is 52.3 Å². The van der Waals surface area contributed by atoms with Gasteiger partial charge in [0.25, 0.3) is 0 Å². The fraction of sp³-hybridized carbons (Fsp3) is 0.622. The SMILES string of the molecule is CCCCCC1CCC(c2ccc(OC(=O)c3ccc(OCCCCCCOC(C=O)CC(=O)OCCCCCCOc4ccc(OCCCCCCOC(=O)CC(C=O)OCCCCCCOc5ccc(C(=O)Oc6ccc(C7CCC(CCCCC)CC7)cc6)cc5)c(C(=O)OCCCCCCOC5CCCCO5)c4)cc3)cc2)CC1. The maximum absolute atomic E-state index is 13.6. The molecule has 3 fully saturated rings. The van der Waals surface area contributed by atoms with E-state index in [2.05, 4.69) is 38.1 Å². The van der Waals surface area contributed by atoms with Crippen molar-refractivity contribution in [3.8, 4) is 34.5 Å². The van der Waals surface area contributed by atoms with Gasteiger partial charge in [-0.05, 0) is 306 Å². The maximum Gasteiger partial charge on any atom is 0.343 e. The number of carbonyl (C=O) groups excluding carboxylic acids is 7. The molecule has 1 heterocycles. The zero-order chi connectivity index (χ0) is 83.1. The third-order valence-corrected chi connectivity index (χ3v) is 22.8. The number of aldehydes is 2. The number of ether oxygens (including phenoxy) is 13. The van der Waals surface area contributed by atoms with E-state index >= 15 is 0 Å². The summed E-state index contributed by atoms with van der Waals surface area (Å²) >= 11 is 0. The molecule has 0 amide bonds. The highest BCUT2D eigenvalue weighted by Crippen LogP contribution is 2.40. The van der Waals surface area contributed by atoms with Crippen molar-refractivity contribution in [3.05, 3.63) is 143 Å². The van der Waals surface area contributed by atoms with Crippen LogP contribution < -0.4 is 28.4 Å². The van der Waals surface area contributed by atoms with Gasteiger partial charge in [0.2, 0.25) is 0 Å². The quantitative estimate of drug-likeness (QED) is 0.0116. The average Bonchev–Trinajstić information content (AvgIpc) is 0.849. The van der Waals surface area contributed by atoms with E-state index in [0.29, 0.717) is 142 Å². The summed E-state index contributed by atoms with van der Waals surface area (Å²) in [6.45, 7) is 9.10.